The Morgan fingerprint density at radius 3 is 2.25 bits per heavy atom. The molecule has 0 unspecified atom stereocenters. The standard InChI is InChI=1S/C19H23N3O2/c1-13-5-6-14(2)22(13)17-9-7-15(8-10-17)19(24)21-11-3-4-16(12-21)18(20)23/h5-10,16H,3-4,11-12H2,1-2H3,(H2,20,23)/t16-/m1/s1. The lowest BCUT2D eigenvalue weighted by Crippen LogP contribution is -2.44. The molecule has 1 aromatic carbocycles. The van der Waals surface area contributed by atoms with Crippen molar-refractivity contribution in [1.82, 2.24) is 9.47 Å². The summed E-state index contributed by atoms with van der Waals surface area (Å²) in [5.74, 6) is -0.581. The van der Waals surface area contributed by atoms with Crippen molar-refractivity contribution in [2.45, 2.75) is 26.7 Å². The summed E-state index contributed by atoms with van der Waals surface area (Å²) in [6.45, 7) is 5.22. The van der Waals surface area contributed by atoms with Gasteiger partial charge in [0.25, 0.3) is 5.91 Å². The van der Waals surface area contributed by atoms with Crippen LogP contribution < -0.4 is 5.73 Å². The summed E-state index contributed by atoms with van der Waals surface area (Å²) in [5.41, 5.74) is 9.40. The van der Waals surface area contributed by atoms with Gasteiger partial charge in [-0.05, 0) is 63.1 Å². The number of aromatic nitrogens is 1. The van der Waals surface area contributed by atoms with Gasteiger partial charge in [-0.15, -0.1) is 0 Å². The molecular weight excluding hydrogens is 302 g/mol. The number of rotatable bonds is 3. The number of hydrogen-bond acceptors (Lipinski definition) is 2. The van der Waals surface area contributed by atoms with E-state index in [0.717, 1.165) is 29.9 Å². The van der Waals surface area contributed by atoms with Crippen LogP contribution in [0.25, 0.3) is 5.69 Å². The largest absolute Gasteiger partial charge is 0.369 e. The van der Waals surface area contributed by atoms with Gasteiger partial charge in [0.05, 0.1) is 5.92 Å². The molecule has 1 aliphatic heterocycles. The normalized spacial score (nSPS) is 17.8. The van der Waals surface area contributed by atoms with Crippen molar-refractivity contribution >= 4 is 11.8 Å². The third-order valence-corrected chi connectivity index (χ3v) is 4.75. The number of aryl methyl sites for hydroxylation is 2. The SMILES string of the molecule is Cc1ccc(C)n1-c1ccc(C(=O)N2CCC[C@@H](C(N)=O)C2)cc1. The maximum absolute atomic E-state index is 12.7. The molecule has 126 valence electrons. The molecule has 0 saturated carbocycles. The smallest absolute Gasteiger partial charge is 0.253 e. The molecular formula is C19H23N3O2. The molecule has 0 aliphatic carbocycles. The summed E-state index contributed by atoms with van der Waals surface area (Å²) in [7, 11) is 0. The van der Waals surface area contributed by atoms with Crippen LogP contribution in [0, 0.1) is 19.8 Å². The van der Waals surface area contributed by atoms with Crippen LogP contribution in [0.15, 0.2) is 36.4 Å². The molecule has 2 heterocycles. The molecule has 0 bridgehead atoms. The van der Waals surface area contributed by atoms with E-state index in [9.17, 15) is 9.59 Å². The lowest BCUT2D eigenvalue weighted by Gasteiger charge is -2.31. The van der Waals surface area contributed by atoms with Crippen molar-refractivity contribution in [3.63, 3.8) is 0 Å². The van der Waals surface area contributed by atoms with Crippen LogP contribution >= 0.6 is 0 Å². The summed E-state index contributed by atoms with van der Waals surface area (Å²) in [4.78, 5) is 25.8. The minimum absolute atomic E-state index is 0.0338. The average Bonchev–Trinajstić information content (AvgIpc) is 2.93. The Morgan fingerprint density at radius 1 is 1.04 bits per heavy atom. The number of nitrogens with two attached hydrogens (primary N) is 1. The van der Waals surface area contributed by atoms with E-state index in [1.807, 2.05) is 24.3 Å². The Bertz CT molecular complexity index is 742. The third kappa shape index (κ3) is 3.07. The predicted octanol–water partition coefficient (Wildman–Crippen LogP) is 2.43. The zero-order chi connectivity index (χ0) is 17.3. The molecule has 3 rings (SSSR count). The second kappa shape index (κ2) is 6.51. The van der Waals surface area contributed by atoms with E-state index in [0.29, 0.717) is 18.7 Å². The number of hydrogen-bond donors (Lipinski definition) is 1. The fraction of sp³-hybridized carbons (Fsp3) is 0.368. The highest BCUT2D eigenvalue weighted by Crippen LogP contribution is 2.20. The molecule has 5 heteroatoms. The predicted molar refractivity (Wildman–Crippen MR) is 93.1 cm³/mol. The first-order valence-electron chi connectivity index (χ1n) is 8.31. The minimum atomic E-state index is -0.318. The number of carbonyl (C=O) groups excluding carboxylic acids is 2. The fourth-order valence-electron chi connectivity index (χ4n) is 3.41. The molecule has 1 atom stereocenters. The van der Waals surface area contributed by atoms with Crippen molar-refractivity contribution < 1.29 is 9.59 Å². The summed E-state index contributed by atoms with van der Waals surface area (Å²) in [6, 6.07) is 11.8. The van der Waals surface area contributed by atoms with Crippen molar-refractivity contribution in [3.05, 3.63) is 53.3 Å². The van der Waals surface area contributed by atoms with Crippen LogP contribution in [0.2, 0.25) is 0 Å². The molecule has 24 heavy (non-hydrogen) atoms. The van der Waals surface area contributed by atoms with Gasteiger partial charge in [0.1, 0.15) is 0 Å². The van der Waals surface area contributed by atoms with Gasteiger partial charge in [-0.25, -0.2) is 0 Å². The van der Waals surface area contributed by atoms with Gasteiger partial charge >= 0.3 is 0 Å². The van der Waals surface area contributed by atoms with Crippen molar-refractivity contribution in [3.8, 4) is 5.69 Å². The Hall–Kier alpha value is -2.56. The first-order chi connectivity index (χ1) is 11.5. The maximum atomic E-state index is 12.7. The van der Waals surface area contributed by atoms with Gasteiger partial charge in [0, 0.05) is 35.7 Å². The van der Waals surface area contributed by atoms with Crippen LogP contribution in [0.3, 0.4) is 0 Å². The highest BCUT2D eigenvalue weighted by molar-refractivity contribution is 5.94. The first-order valence-corrected chi connectivity index (χ1v) is 8.31. The Morgan fingerprint density at radius 2 is 1.67 bits per heavy atom. The van der Waals surface area contributed by atoms with E-state index in [4.69, 9.17) is 5.73 Å². The number of likely N-dealkylation sites (tertiary alicyclic amines) is 1. The quantitative estimate of drug-likeness (QED) is 0.941. The Balaban J connectivity index is 1.78. The second-order valence-corrected chi connectivity index (χ2v) is 6.49. The molecule has 1 saturated heterocycles. The molecule has 1 fully saturated rings. The maximum Gasteiger partial charge on any atom is 0.253 e. The molecule has 0 spiro atoms. The Kier molecular flexibility index (Phi) is 4.42. The lowest BCUT2D eigenvalue weighted by atomic mass is 9.97. The van der Waals surface area contributed by atoms with Gasteiger partial charge in [0.2, 0.25) is 5.91 Å². The fourth-order valence-corrected chi connectivity index (χ4v) is 3.41. The summed E-state index contributed by atoms with van der Waals surface area (Å²) >= 11 is 0. The molecule has 2 aromatic rings. The van der Waals surface area contributed by atoms with Gasteiger partial charge in [-0.2, -0.15) is 0 Å². The highest BCUT2D eigenvalue weighted by Gasteiger charge is 2.27. The number of benzene rings is 1. The van der Waals surface area contributed by atoms with Crippen LogP contribution in [0.4, 0.5) is 0 Å². The van der Waals surface area contributed by atoms with E-state index < -0.39 is 0 Å². The molecule has 2 N–H and O–H groups in total. The molecule has 2 amide bonds. The number of carbonyl (C=O) groups is 2. The highest BCUT2D eigenvalue weighted by atomic mass is 16.2. The summed E-state index contributed by atoms with van der Waals surface area (Å²) in [6.07, 6.45) is 1.59. The van der Waals surface area contributed by atoms with Crippen molar-refractivity contribution in [2.24, 2.45) is 11.7 Å². The minimum Gasteiger partial charge on any atom is -0.369 e. The lowest BCUT2D eigenvalue weighted by molar-refractivity contribution is -0.123. The zero-order valence-electron chi connectivity index (χ0n) is 14.2. The Labute approximate surface area is 142 Å². The van der Waals surface area contributed by atoms with Crippen LogP contribution in [0.1, 0.15) is 34.6 Å². The number of nitrogens with zero attached hydrogens (tertiary/aromatic N) is 2. The van der Waals surface area contributed by atoms with E-state index in [2.05, 4.69) is 30.5 Å². The van der Waals surface area contributed by atoms with E-state index in [1.54, 1.807) is 4.90 Å². The number of amides is 2. The summed E-state index contributed by atoms with van der Waals surface area (Å²) < 4.78 is 2.15. The monoisotopic (exact) mass is 325 g/mol. The topological polar surface area (TPSA) is 68.3 Å². The molecule has 5 nitrogen and oxygen atoms in total. The summed E-state index contributed by atoms with van der Waals surface area (Å²) in [5, 5.41) is 0. The van der Waals surface area contributed by atoms with Gasteiger partial charge in [-0.1, -0.05) is 0 Å². The first kappa shape index (κ1) is 16.3. The molecule has 1 aromatic heterocycles. The van der Waals surface area contributed by atoms with Crippen molar-refractivity contribution in [1.29, 1.82) is 0 Å². The average molecular weight is 325 g/mol. The van der Waals surface area contributed by atoms with Gasteiger partial charge in [-0.3, -0.25) is 9.59 Å². The van der Waals surface area contributed by atoms with Crippen LogP contribution in [0.5, 0.6) is 0 Å². The van der Waals surface area contributed by atoms with Crippen LogP contribution in [-0.4, -0.2) is 34.4 Å². The number of piperidine rings is 1. The van der Waals surface area contributed by atoms with Crippen molar-refractivity contribution in [2.75, 3.05) is 13.1 Å². The molecule has 0 radical (unpaired) electrons. The van der Waals surface area contributed by atoms with Gasteiger partial charge in [0.15, 0.2) is 0 Å². The second-order valence-electron chi connectivity index (χ2n) is 6.49. The van der Waals surface area contributed by atoms with E-state index in [1.165, 1.54) is 0 Å². The van der Waals surface area contributed by atoms with Crippen LogP contribution in [-0.2, 0) is 4.79 Å². The third-order valence-electron chi connectivity index (χ3n) is 4.75. The van der Waals surface area contributed by atoms with Gasteiger partial charge < -0.3 is 15.2 Å². The number of primary amides is 1. The van der Waals surface area contributed by atoms with E-state index in [-0.39, 0.29) is 17.7 Å². The zero-order valence-corrected chi connectivity index (χ0v) is 14.2. The van der Waals surface area contributed by atoms with E-state index >= 15 is 0 Å². The molecule has 1 aliphatic rings.